The number of carbonyl (C=O) groups is 1. The number of halogens is 4. The van der Waals surface area contributed by atoms with Gasteiger partial charge in [0.05, 0.1) is 16.8 Å². The van der Waals surface area contributed by atoms with E-state index in [1.165, 1.54) is 0 Å². The molecule has 0 unspecified atom stereocenters. The number of ether oxygens (including phenoxy) is 1. The minimum atomic E-state index is -4.66. The molecule has 3 aromatic carbocycles. The van der Waals surface area contributed by atoms with Crippen LogP contribution in [-0.4, -0.2) is 15.4 Å². The van der Waals surface area contributed by atoms with Crippen LogP contribution >= 0.6 is 0 Å². The standard InChI is InChI=1S/C25H16F4N4O2/c26-19-10-5-16(25(27,28)29)14-20(19)32-24(34)31-17-6-8-18(9-7-17)35-21-3-1-2-15-4-11-22-30-12-13-33(22)23(15)21/h1-14H,(H2,31,32,34). The second-order valence-electron chi connectivity index (χ2n) is 7.58. The average molecular weight is 480 g/mol. The molecule has 0 aliphatic carbocycles. The third kappa shape index (κ3) is 4.58. The molecular formula is C25H16F4N4O2. The zero-order chi connectivity index (χ0) is 24.6. The Morgan fingerprint density at radius 3 is 2.51 bits per heavy atom. The first-order valence-corrected chi connectivity index (χ1v) is 10.4. The number of aromatic nitrogens is 2. The molecule has 0 radical (unpaired) electrons. The van der Waals surface area contributed by atoms with E-state index in [4.69, 9.17) is 4.74 Å². The molecule has 6 nitrogen and oxygen atoms in total. The van der Waals surface area contributed by atoms with E-state index in [-0.39, 0.29) is 0 Å². The number of hydrogen-bond acceptors (Lipinski definition) is 3. The summed E-state index contributed by atoms with van der Waals surface area (Å²) in [5, 5.41) is 5.51. The summed E-state index contributed by atoms with van der Waals surface area (Å²) in [7, 11) is 0. The number of hydrogen-bond donors (Lipinski definition) is 2. The van der Waals surface area contributed by atoms with E-state index in [0.717, 1.165) is 16.6 Å². The lowest BCUT2D eigenvalue weighted by Gasteiger charge is -2.13. The number of carbonyl (C=O) groups excluding carboxylic acids is 1. The molecule has 5 aromatic rings. The number of imidazole rings is 1. The van der Waals surface area contributed by atoms with Crippen molar-refractivity contribution in [3.63, 3.8) is 0 Å². The quantitative estimate of drug-likeness (QED) is 0.270. The molecule has 10 heteroatoms. The first-order valence-electron chi connectivity index (χ1n) is 10.4. The number of nitrogens with zero attached hydrogens (tertiary/aromatic N) is 2. The molecule has 5 rings (SSSR count). The fourth-order valence-corrected chi connectivity index (χ4v) is 3.62. The van der Waals surface area contributed by atoms with E-state index in [1.54, 1.807) is 30.5 Å². The first-order chi connectivity index (χ1) is 16.8. The zero-order valence-corrected chi connectivity index (χ0v) is 17.8. The maximum Gasteiger partial charge on any atom is 0.416 e. The van der Waals surface area contributed by atoms with Crippen molar-refractivity contribution < 1.29 is 27.1 Å². The molecule has 0 atom stereocenters. The predicted octanol–water partition coefficient (Wildman–Crippen LogP) is 7.08. The van der Waals surface area contributed by atoms with Gasteiger partial charge in [-0.2, -0.15) is 13.2 Å². The lowest BCUT2D eigenvalue weighted by Crippen LogP contribution is -2.20. The molecule has 2 aromatic heterocycles. The Kier molecular flexibility index (Phi) is 5.48. The molecule has 2 N–H and O–H groups in total. The second-order valence-corrected chi connectivity index (χ2v) is 7.58. The summed E-state index contributed by atoms with van der Waals surface area (Å²) in [4.78, 5) is 16.5. The van der Waals surface area contributed by atoms with Gasteiger partial charge >= 0.3 is 12.2 Å². The van der Waals surface area contributed by atoms with Gasteiger partial charge in [0, 0.05) is 23.5 Å². The lowest BCUT2D eigenvalue weighted by molar-refractivity contribution is -0.137. The smallest absolute Gasteiger partial charge is 0.416 e. The monoisotopic (exact) mass is 480 g/mol. The highest BCUT2D eigenvalue weighted by Crippen LogP contribution is 2.33. The van der Waals surface area contributed by atoms with Gasteiger partial charge in [0.25, 0.3) is 0 Å². The lowest BCUT2D eigenvalue weighted by atomic mass is 10.2. The van der Waals surface area contributed by atoms with Crippen LogP contribution in [0.25, 0.3) is 16.6 Å². The molecule has 0 spiro atoms. The van der Waals surface area contributed by atoms with E-state index in [0.29, 0.717) is 35.4 Å². The predicted molar refractivity (Wildman–Crippen MR) is 123 cm³/mol. The molecule has 35 heavy (non-hydrogen) atoms. The zero-order valence-electron chi connectivity index (χ0n) is 17.8. The van der Waals surface area contributed by atoms with Crippen molar-refractivity contribution in [2.24, 2.45) is 0 Å². The minimum absolute atomic E-state index is 0.331. The van der Waals surface area contributed by atoms with E-state index in [2.05, 4.69) is 15.6 Å². The third-order valence-electron chi connectivity index (χ3n) is 5.23. The van der Waals surface area contributed by atoms with Crippen molar-refractivity contribution in [2.45, 2.75) is 6.18 Å². The average Bonchev–Trinajstić information content (AvgIpc) is 3.30. The Morgan fingerprint density at radius 2 is 1.74 bits per heavy atom. The van der Waals surface area contributed by atoms with Crippen LogP contribution in [-0.2, 0) is 6.18 Å². The highest BCUT2D eigenvalue weighted by molar-refractivity contribution is 6.00. The number of anilines is 2. The molecule has 0 bridgehead atoms. The van der Waals surface area contributed by atoms with Crippen molar-refractivity contribution >= 4 is 34.0 Å². The summed E-state index contributed by atoms with van der Waals surface area (Å²) >= 11 is 0. The molecule has 0 aliphatic rings. The van der Waals surface area contributed by atoms with Gasteiger partial charge < -0.3 is 15.4 Å². The summed E-state index contributed by atoms with van der Waals surface area (Å²) < 4.78 is 60.4. The summed E-state index contributed by atoms with van der Waals surface area (Å²) in [6, 6.07) is 16.7. The topological polar surface area (TPSA) is 67.7 Å². The maximum absolute atomic E-state index is 13.9. The van der Waals surface area contributed by atoms with E-state index < -0.39 is 29.3 Å². The van der Waals surface area contributed by atoms with Crippen molar-refractivity contribution in [1.29, 1.82) is 0 Å². The summed E-state index contributed by atoms with van der Waals surface area (Å²) in [5.74, 6) is 0.105. The van der Waals surface area contributed by atoms with Crippen LogP contribution in [0.2, 0.25) is 0 Å². The molecule has 2 heterocycles. The third-order valence-corrected chi connectivity index (χ3v) is 5.23. The molecular weight excluding hydrogens is 464 g/mol. The van der Waals surface area contributed by atoms with Crippen LogP contribution in [0.3, 0.4) is 0 Å². The fourth-order valence-electron chi connectivity index (χ4n) is 3.62. The summed E-state index contributed by atoms with van der Waals surface area (Å²) in [5.41, 5.74) is 0.289. The molecule has 2 amide bonds. The second kappa shape index (κ2) is 8.64. The van der Waals surface area contributed by atoms with Crippen molar-refractivity contribution in [3.05, 3.63) is 96.6 Å². The molecule has 0 fully saturated rings. The van der Waals surface area contributed by atoms with Crippen molar-refractivity contribution in [3.8, 4) is 11.5 Å². The maximum atomic E-state index is 13.9. The number of urea groups is 1. The summed E-state index contributed by atoms with van der Waals surface area (Å²) in [6.45, 7) is 0. The number of fused-ring (bicyclic) bond motifs is 3. The van der Waals surface area contributed by atoms with Gasteiger partial charge in [0.15, 0.2) is 5.75 Å². The van der Waals surface area contributed by atoms with Crippen LogP contribution < -0.4 is 15.4 Å². The number of rotatable bonds is 4. The number of pyridine rings is 1. The normalized spacial score (nSPS) is 11.5. The Hall–Kier alpha value is -4.60. The minimum Gasteiger partial charge on any atom is -0.455 e. The highest BCUT2D eigenvalue weighted by Gasteiger charge is 2.31. The van der Waals surface area contributed by atoms with Crippen molar-refractivity contribution in [2.75, 3.05) is 10.6 Å². The van der Waals surface area contributed by atoms with Gasteiger partial charge in [-0.15, -0.1) is 0 Å². The Labute approximate surface area is 195 Å². The Balaban J connectivity index is 1.31. The molecule has 0 aliphatic heterocycles. The van der Waals surface area contributed by atoms with Crippen LogP contribution in [0.5, 0.6) is 11.5 Å². The van der Waals surface area contributed by atoms with E-state index >= 15 is 0 Å². The highest BCUT2D eigenvalue weighted by atomic mass is 19.4. The number of amides is 2. The van der Waals surface area contributed by atoms with Crippen LogP contribution in [0, 0.1) is 5.82 Å². The van der Waals surface area contributed by atoms with Gasteiger partial charge in [-0.3, -0.25) is 4.40 Å². The fraction of sp³-hybridized carbons (Fsp3) is 0.0400. The van der Waals surface area contributed by atoms with Crippen LogP contribution in [0.1, 0.15) is 5.56 Å². The van der Waals surface area contributed by atoms with Crippen LogP contribution in [0.15, 0.2) is 85.2 Å². The number of alkyl halides is 3. The van der Waals surface area contributed by atoms with Gasteiger partial charge in [0.2, 0.25) is 0 Å². The number of benzene rings is 3. The Bertz CT molecular complexity index is 1550. The molecule has 0 saturated heterocycles. The SMILES string of the molecule is O=C(Nc1ccc(Oc2cccc3ccc4nccn4c23)cc1)Nc1cc(C(F)(F)F)ccc1F. The largest absolute Gasteiger partial charge is 0.455 e. The first kappa shape index (κ1) is 22.2. The van der Waals surface area contributed by atoms with Crippen LogP contribution in [0.4, 0.5) is 33.7 Å². The van der Waals surface area contributed by atoms with Crippen molar-refractivity contribution in [1.82, 2.24) is 9.38 Å². The van der Waals surface area contributed by atoms with Gasteiger partial charge in [-0.05, 0) is 60.7 Å². The Morgan fingerprint density at radius 1 is 0.943 bits per heavy atom. The van der Waals surface area contributed by atoms with E-state index in [9.17, 15) is 22.4 Å². The van der Waals surface area contributed by atoms with E-state index in [1.807, 2.05) is 40.9 Å². The summed E-state index contributed by atoms with van der Waals surface area (Å²) in [6.07, 6.45) is -1.13. The number of nitrogens with one attached hydrogen (secondary N) is 2. The van der Waals surface area contributed by atoms with Gasteiger partial charge in [0.1, 0.15) is 17.2 Å². The van der Waals surface area contributed by atoms with Gasteiger partial charge in [-0.1, -0.05) is 12.1 Å². The number of para-hydroxylation sites is 1. The van der Waals surface area contributed by atoms with Gasteiger partial charge in [-0.25, -0.2) is 14.2 Å². The molecule has 0 saturated carbocycles. The molecule has 176 valence electrons.